The van der Waals surface area contributed by atoms with Crippen molar-refractivity contribution in [1.82, 2.24) is 14.1 Å². The minimum absolute atomic E-state index is 0.179. The van der Waals surface area contributed by atoms with Crippen LogP contribution in [0.15, 0.2) is 64.5 Å². The van der Waals surface area contributed by atoms with Gasteiger partial charge < -0.3 is 0 Å². The lowest BCUT2D eigenvalue weighted by Gasteiger charge is -2.12. The van der Waals surface area contributed by atoms with Crippen molar-refractivity contribution in [2.75, 3.05) is 5.75 Å². The largest absolute Gasteiger partial charge is 0.278 e. The second-order valence-electron chi connectivity index (χ2n) is 6.19. The maximum atomic E-state index is 13.4. The van der Waals surface area contributed by atoms with Crippen LogP contribution in [0.1, 0.15) is 12.5 Å². The van der Waals surface area contributed by atoms with Crippen LogP contribution in [0.3, 0.4) is 0 Å². The zero-order valence-corrected chi connectivity index (χ0v) is 18.0. The van der Waals surface area contributed by atoms with Crippen LogP contribution in [0, 0.1) is 15.3 Å². The summed E-state index contributed by atoms with van der Waals surface area (Å²) < 4.78 is 4.46. The molecule has 2 aromatic heterocycles. The highest BCUT2D eigenvalue weighted by Gasteiger charge is 2.18. The second-order valence-corrected chi connectivity index (χ2v) is 8.78. The Kier molecular flexibility index (Phi) is 5.62. The third-order valence-electron chi connectivity index (χ3n) is 4.46. The van der Waals surface area contributed by atoms with Gasteiger partial charge in [-0.3, -0.25) is 13.9 Å². The number of hydrogen-bond acceptors (Lipinski definition) is 6. The molecule has 2 aromatic carbocycles. The number of nitriles is 1. The first-order valence-corrected chi connectivity index (χ1v) is 11.2. The van der Waals surface area contributed by atoms with Crippen molar-refractivity contribution >= 4 is 45.7 Å². The Balaban J connectivity index is 2.01. The van der Waals surface area contributed by atoms with E-state index in [2.05, 4.69) is 25.1 Å². The maximum Gasteiger partial charge on any atom is 0.278 e. The smallest absolute Gasteiger partial charge is 0.275 e. The van der Waals surface area contributed by atoms with E-state index in [-0.39, 0.29) is 11.3 Å². The normalized spacial score (nSPS) is 10.9. The molecule has 0 atom stereocenters. The molecule has 8 heteroatoms. The van der Waals surface area contributed by atoms with Crippen molar-refractivity contribution in [3.05, 3.63) is 74.5 Å². The summed E-state index contributed by atoms with van der Waals surface area (Å²) in [6.07, 6.45) is 0.949. The molecule has 144 valence electrons. The minimum atomic E-state index is -0.179. The van der Waals surface area contributed by atoms with Gasteiger partial charge in [0.25, 0.3) is 5.56 Å². The quantitative estimate of drug-likeness (QED) is 0.246. The Morgan fingerprint density at radius 1 is 1.10 bits per heavy atom. The van der Waals surface area contributed by atoms with E-state index in [0.29, 0.717) is 25.1 Å². The van der Waals surface area contributed by atoms with E-state index in [1.807, 2.05) is 47.0 Å². The molecule has 0 unspecified atom stereocenters. The van der Waals surface area contributed by atoms with Gasteiger partial charge in [0, 0.05) is 5.69 Å². The van der Waals surface area contributed by atoms with Crippen LogP contribution in [-0.4, -0.2) is 19.9 Å². The number of aromatic nitrogens is 3. The Morgan fingerprint density at radius 2 is 1.79 bits per heavy atom. The van der Waals surface area contributed by atoms with Crippen molar-refractivity contribution in [2.45, 2.75) is 18.5 Å². The van der Waals surface area contributed by atoms with Gasteiger partial charge in [-0.05, 0) is 48.5 Å². The van der Waals surface area contributed by atoms with E-state index in [1.165, 1.54) is 28.7 Å². The van der Waals surface area contributed by atoms with Gasteiger partial charge in [0.1, 0.15) is 4.70 Å². The molecule has 0 bridgehead atoms. The summed E-state index contributed by atoms with van der Waals surface area (Å²) >= 11 is 8.08. The van der Waals surface area contributed by atoms with Crippen molar-refractivity contribution in [3.63, 3.8) is 0 Å². The number of rotatable bonds is 5. The van der Waals surface area contributed by atoms with Crippen molar-refractivity contribution in [3.8, 4) is 17.4 Å². The number of thioether (sulfide) groups is 1. The minimum Gasteiger partial charge on any atom is -0.275 e. The molecule has 5 nitrogen and oxygen atoms in total. The van der Waals surface area contributed by atoms with Crippen LogP contribution in [0.2, 0.25) is 0 Å². The molecule has 0 fully saturated rings. The fraction of sp³-hybridized carbons (Fsp3) is 0.143. The number of hydrogen-bond donors (Lipinski definition) is 0. The van der Waals surface area contributed by atoms with Gasteiger partial charge in [-0.25, -0.2) is 4.98 Å². The Morgan fingerprint density at radius 3 is 2.45 bits per heavy atom. The molecule has 0 amide bonds. The highest BCUT2D eigenvalue weighted by molar-refractivity contribution is 7.99. The molecule has 0 aliphatic heterocycles. The van der Waals surface area contributed by atoms with Gasteiger partial charge in [0.05, 0.1) is 17.5 Å². The SMILES string of the molecule is CCc1ccc(-n2c(=S)sc3c(=O)n(-c4ccccc4)c(SCC#N)nc32)cc1. The predicted molar refractivity (Wildman–Crippen MR) is 121 cm³/mol. The van der Waals surface area contributed by atoms with E-state index < -0.39 is 0 Å². The fourth-order valence-corrected chi connectivity index (χ4v) is 5.01. The molecule has 4 rings (SSSR count). The van der Waals surface area contributed by atoms with E-state index in [1.54, 1.807) is 4.57 Å². The van der Waals surface area contributed by atoms with Crippen LogP contribution < -0.4 is 5.56 Å². The molecular formula is C21H16N4OS3. The molecule has 0 aliphatic carbocycles. The molecule has 4 aromatic rings. The lowest BCUT2D eigenvalue weighted by atomic mass is 10.1. The molecule has 0 saturated heterocycles. The van der Waals surface area contributed by atoms with Crippen molar-refractivity contribution in [1.29, 1.82) is 5.26 Å². The van der Waals surface area contributed by atoms with Crippen molar-refractivity contribution < 1.29 is 0 Å². The predicted octanol–water partition coefficient (Wildman–Crippen LogP) is 5.15. The molecule has 0 saturated carbocycles. The van der Waals surface area contributed by atoms with Gasteiger partial charge in [-0.2, -0.15) is 5.26 Å². The fourth-order valence-electron chi connectivity index (χ4n) is 3.04. The molecular weight excluding hydrogens is 420 g/mol. The van der Waals surface area contributed by atoms with Gasteiger partial charge in [-0.1, -0.05) is 60.4 Å². The van der Waals surface area contributed by atoms with E-state index in [9.17, 15) is 4.79 Å². The number of benzene rings is 2. The maximum absolute atomic E-state index is 13.4. The number of para-hydroxylation sites is 1. The van der Waals surface area contributed by atoms with Gasteiger partial charge in [0.2, 0.25) is 0 Å². The van der Waals surface area contributed by atoms with Crippen LogP contribution >= 0.6 is 35.3 Å². The lowest BCUT2D eigenvalue weighted by Crippen LogP contribution is -2.21. The van der Waals surface area contributed by atoms with Gasteiger partial charge in [-0.15, -0.1) is 0 Å². The second kappa shape index (κ2) is 8.33. The summed E-state index contributed by atoms with van der Waals surface area (Å²) in [6, 6.07) is 19.5. The highest BCUT2D eigenvalue weighted by atomic mass is 32.2. The van der Waals surface area contributed by atoms with Crippen LogP contribution in [0.4, 0.5) is 0 Å². The average molecular weight is 437 g/mol. The topological polar surface area (TPSA) is 63.6 Å². The zero-order chi connectivity index (χ0) is 20.4. The van der Waals surface area contributed by atoms with Gasteiger partial charge >= 0.3 is 0 Å². The van der Waals surface area contributed by atoms with Crippen LogP contribution in [-0.2, 0) is 6.42 Å². The summed E-state index contributed by atoms with van der Waals surface area (Å²) in [5.41, 5.74) is 3.16. The first kappa shape index (κ1) is 19.6. The summed E-state index contributed by atoms with van der Waals surface area (Å²) in [5.74, 6) is 0.195. The monoisotopic (exact) mass is 436 g/mol. The lowest BCUT2D eigenvalue weighted by molar-refractivity contribution is 0.813. The van der Waals surface area contributed by atoms with Crippen LogP contribution in [0.5, 0.6) is 0 Å². The van der Waals surface area contributed by atoms with E-state index in [0.717, 1.165) is 12.1 Å². The summed E-state index contributed by atoms with van der Waals surface area (Å²) in [4.78, 5) is 18.2. The molecule has 0 N–H and O–H groups in total. The zero-order valence-electron chi connectivity index (χ0n) is 15.5. The standard InChI is InChI=1S/C21H16N4OS3/c1-2-14-8-10-16(11-9-14)24-18-17(29-21(24)27)19(26)25(15-6-4-3-5-7-15)20(23-18)28-13-12-22/h3-11H,2,13H2,1H3. The van der Waals surface area contributed by atoms with Gasteiger partial charge in [0.15, 0.2) is 14.8 Å². The number of thiazole rings is 1. The summed E-state index contributed by atoms with van der Waals surface area (Å²) in [7, 11) is 0. The third-order valence-corrected chi connectivity index (χ3v) is 6.62. The molecule has 0 spiro atoms. The first-order chi connectivity index (χ1) is 14.1. The van der Waals surface area contributed by atoms with Crippen molar-refractivity contribution in [2.24, 2.45) is 0 Å². The Bertz CT molecular complexity index is 1330. The number of aryl methyl sites for hydroxylation is 1. The number of nitrogens with zero attached hydrogens (tertiary/aromatic N) is 4. The summed E-state index contributed by atoms with van der Waals surface area (Å²) in [6.45, 7) is 2.10. The number of fused-ring (bicyclic) bond motifs is 1. The molecule has 2 heterocycles. The highest BCUT2D eigenvalue weighted by Crippen LogP contribution is 2.27. The van der Waals surface area contributed by atoms with E-state index >= 15 is 0 Å². The first-order valence-electron chi connectivity index (χ1n) is 8.97. The third kappa shape index (κ3) is 3.65. The molecule has 29 heavy (non-hydrogen) atoms. The van der Waals surface area contributed by atoms with E-state index in [4.69, 9.17) is 22.5 Å². The molecule has 0 aliphatic rings. The van der Waals surface area contributed by atoms with Crippen LogP contribution in [0.25, 0.3) is 21.7 Å². The Hall–Kier alpha value is -2.73. The Labute approximate surface area is 180 Å². The average Bonchev–Trinajstić information content (AvgIpc) is 3.09. The summed E-state index contributed by atoms with van der Waals surface area (Å²) in [5, 5.41) is 9.53. The molecule has 0 radical (unpaired) electrons.